The van der Waals surface area contributed by atoms with E-state index in [4.69, 9.17) is 0 Å². The zero-order valence-corrected chi connectivity index (χ0v) is 16.3. The molecule has 131 valence electrons. The van der Waals surface area contributed by atoms with Crippen molar-refractivity contribution in [3.63, 3.8) is 0 Å². The predicted molar refractivity (Wildman–Crippen MR) is 96.8 cm³/mol. The summed E-state index contributed by atoms with van der Waals surface area (Å²) in [4.78, 5) is 12.2. The molecule has 1 N–H and O–H groups in total. The molecule has 0 amide bonds. The van der Waals surface area contributed by atoms with Gasteiger partial charge in [0.05, 0.1) is 6.10 Å². The summed E-state index contributed by atoms with van der Waals surface area (Å²) in [5, 5.41) is 10.2. The SMILES string of the molecule is CC(=O)[C@H]1CCC2C3CC=C4C[C@H](O)CC([Si])[C@]4(C)C3CC[C@@]21C. The van der Waals surface area contributed by atoms with Crippen molar-refractivity contribution in [3.8, 4) is 0 Å². The van der Waals surface area contributed by atoms with E-state index in [9.17, 15) is 9.90 Å². The molecule has 4 aliphatic rings. The predicted octanol–water partition coefficient (Wildman–Crippen LogP) is 4.08. The van der Waals surface area contributed by atoms with E-state index in [1.807, 2.05) is 0 Å². The van der Waals surface area contributed by atoms with Crippen LogP contribution in [-0.2, 0) is 4.79 Å². The maximum atomic E-state index is 12.2. The van der Waals surface area contributed by atoms with Gasteiger partial charge in [-0.25, -0.2) is 0 Å². The van der Waals surface area contributed by atoms with E-state index in [1.165, 1.54) is 24.8 Å². The lowest BCUT2D eigenvalue weighted by Crippen LogP contribution is -2.52. The molecule has 0 spiro atoms. The molecule has 0 heterocycles. The van der Waals surface area contributed by atoms with Crippen LogP contribution in [0.3, 0.4) is 0 Å². The third kappa shape index (κ3) is 2.13. The standard InChI is InChI=1S/C21H31O2Si/c1-12(22)16-6-7-17-15-5-4-13-10-14(23)11-19(24)21(13,3)18(15)8-9-20(16,17)2/h4,14-19,23H,5-11H2,1-3H3/t14-,15?,16+,17?,18?,19?,20+,21-/m0/s1. The van der Waals surface area contributed by atoms with Gasteiger partial charge in [-0.2, -0.15) is 0 Å². The topological polar surface area (TPSA) is 37.3 Å². The molecule has 0 aromatic heterocycles. The summed E-state index contributed by atoms with van der Waals surface area (Å²) in [6.07, 6.45) is 9.94. The summed E-state index contributed by atoms with van der Waals surface area (Å²) in [6.45, 7) is 6.66. The van der Waals surface area contributed by atoms with E-state index in [0.717, 1.165) is 31.6 Å². The number of rotatable bonds is 1. The molecule has 4 aliphatic carbocycles. The van der Waals surface area contributed by atoms with Crippen molar-refractivity contribution in [2.45, 2.75) is 77.4 Å². The molecule has 3 radical (unpaired) electrons. The minimum absolute atomic E-state index is 0.189. The monoisotopic (exact) mass is 343 g/mol. The van der Waals surface area contributed by atoms with Gasteiger partial charge in [0.25, 0.3) is 0 Å². The van der Waals surface area contributed by atoms with Crippen molar-refractivity contribution in [3.05, 3.63) is 11.6 Å². The quantitative estimate of drug-likeness (QED) is 0.575. The fourth-order valence-electron chi connectivity index (χ4n) is 7.40. The van der Waals surface area contributed by atoms with Crippen molar-refractivity contribution >= 4 is 16.0 Å². The van der Waals surface area contributed by atoms with E-state index in [2.05, 4.69) is 30.2 Å². The van der Waals surface area contributed by atoms with Crippen LogP contribution < -0.4 is 0 Å². The fourth-order valence-corrected chi connectivity index (χ4v) is 8.08. The fraction of sp³-hybridized carbons (Fsp3) is 0.857. The van der Waals surface area contributed by atoms with Gasteiger partial charge < -0.3 is 5.11 Å². The lowest BCUT2D eigenvalue weighted by molar-refractivity contribution is -0.127. The van der Waals surface area contributed by atoms with E-state index in [0.29, 0.717) is 23.2 Å². The Morgan fingerprint density at radius 3 is 2.71 bits per heavy atom. The van der Waals surface area contributed by atoms with Gasteiger partial charge in [-0.3, -0.25) is 4.79 Å². The van der Waals surface area contributed by atoms with Gasteiger partial charge in [0.2, 0.25) is 0 Å². The number of hydrogen-bond acceptors (Lipinski definition) is 2. The number of aliphatic hydroxyl groups excluding tert-OH is 1. The summed E-state index contributed by atoms with van der Waals surface area (Å²) in [7, 11) is 4.01. The smallest absolute Gasteiger partial charge is 0.133 e. The summed E-state index contributed by atoms with van der Waals surface area (Å²) in [6, 6.07) is 0. The highest BCUT2D eigenvalue weighted by atomic mass is 28.1. The maximum Gasteiger partial charge on any atom is 0.133 e. The van der Waals surface area contributed by atoms with E-state index < -0.39 is 0 Å². The Morgan fingerprint density at radius 2 is 2.00 bits per heavy atom. The van der Waals surface area contributed by atoms with Gasteiger partial charge in [-0.15, -0.1) is 0 Å². The molecule has 0 aliphatic heterocycles. The zero-order valence-electron chi connectivity index (χ0n) is 15.3. The Labute approximate surface area is 149 Å². The van der Waals surface area contributed by atoms with Gasteiger partial charge >= 0.3 is 0 Å². The van der Waals surface area contributed by atoms with Crippen molar-refractivity contribution < 1.29 is 9.90 Å². The molecule has 3 saturated carbocycles. The average Bonchev–Trinajstić information content (AvgIpc) is 2.86. The Bertz CT molecular complexity index is 584. The number of hydrogen-bond donors (Lipinski definition) is 1. The molecule has 0 aromatic carbocycles. The second-order valence-corrected chi connectivity index (χ2v) is 10.3. The first-order valence-corrected chi connectivity index (χ1v) is 10.5. The highest BCUT2D eigenvalue weighted by Crippen LogP contribution is 2.67. The molecule has 0 bridgehead atoms. The first-order valence-electron chi connectivity index (χ1n) is 9.87. The number of carbonyl (C=O) groups is 1. The highest BCUT2D eigenvalue weighted by molar-refractivity contribution is 6.12. The number of carbonyl (C=O) groups excluding carboxylic acids is 1. The summed E-state index contributed by atoms with van der Waals surface area (Å²) >= 11 is 0. The number of allylic oxidation sites excluding steroid dienone is 1. The highest BCUT2D eigenvalue weighted by Gasteiger charge is 2.60. The van der Waals surface area contributed by atoms with Gasteiger partial charge in [0.1, 0.15) is 5.78 Å². The third-order valence-electron chi connectivity index (χ3n) is 8.71. The van der Waals surface area contributed by atoms with Crippen LogP contribution in [0.5, 0.6) is 0 Å². The van der Waals surface area contributed by atoms with E-state index in [1.54, 1.807) is 6.92 Å². The average molecular weight is 344 g/mol. The molecule has 24 heavy (non-hydrogen) atoms. The normalized spacial score (nSPS) is 53.6. The Balaban J connectivity index is 1.69. The van der Waals surface area contributed by atoms with Crippen LogP contribution in [0.15, 0.2) is 11.6 Å². The minimum Gasteiger partial charge on any atom is -0.393 e. The number of Topliss-reactive ketones (excluding diaryl/α,β-unsaturated/α-hetero) is 1. The van der Waals surface area contributed by atoms with Gasteiger partial charge in [-0.05, 0) is 86.0 Å². The van der Waals surface area contributed by atoms with E-state index >= 15 is 0 Å². The molecular formula is C21H31O2Si. The lowest BCUT2D eigenvalue weighted by Gasteiger charge is -2.59. The van der Waals surface area contributed by atoms with Crippen LogP contribution in [0.1, 0.15) is 65.7 Å². The maximum absolute atomic E-state index is 12.2. The largest absolute Gasteiger partial charge is 0.393 e. The second-order valence-electron chi connectivity index (χ2n) is 9.56. The molecular weight excluding hydrogens is 312 g/mol. The summed E-state index contributed by atoms with van der Waals surface area (Å²) in [5.41, 5.74) is 2.28. The van der Waals surface area contributed by atoms with Crippen molar-refractivity contribution in [2.24, 2.45) is 34.5 Å². The van der Waals surface area contributed by atoms with Crippen molar-refractivity contribution in [1.82, 2.24) is 0 Å². The Hall–Kier alpha value is -0.413. The summed E-state index contributed by atoms with van der Waals surface area (Å²) in [5.74, 6) is 2.82. The molecule has 2 nitrogen and oxygen atoms in total. The van der Waals surface area contributed by atoms with Gasteiger partial charge in [0, 0.05) is 16.2 Å². The first-order chi connectivity index (χ1) is 11.3. The first kappa shape index (κ1) is 17.0. The minimum atomic E-state index is -0.189. The van der Waals surface area contributed by atoms with Crippen molar-refractivity contribution in [1.29, 1.82) is 0 Å². The van der Waals surface area contributed by atoms with Crippen molar-refractivity contribution in [2.75, 3.05) is 0 Å². The number of ketones is 1. The number of fused-ring (bicyclic) bond motifs is 5. The molecule has 4 rings (SSSR count). The van der Waals surface area contributed by atoms with Crippen LogP contribution >= 0.6 is 0 Å². The van der Waals surface area contributed by atoms with Crippen LogP contribution in [0, 0.1) is 34.5 Å². The molecule has 4 unspecified atom stereocenters. The summed E-state index contributed by atoms with van der Waals surface area (Å²) < 4.78 is 0. The number of aliphatic hydroxyl groups is 1. The van der Waals surface area contributed by atoms with Crippen LogP contribution in [-0.4, -0.2) is 27.2 Å². The van der Waals surface area contributed by atoms with Crippen LogP contribution in [0.2, 0.25) is 5.54 Å². The van der Waals surface area contributed by atoms with Crippen LogP contribution in [0.25, 0.3) is 0 Å². The molecule has 3 heteroatoms. The molecule has 3 fully saturated rings. The molecule has 8 atom stereocenters. The van der Waals surface area contributed by atoms with E-state index in [-0.39, 0.29) is 22.9 Å². The van der Waals surface area contributed by atoms with Gasteiger partial charge in [0.15, 0.2) is 0 Å². The van der Waals surface area contributed by atoms with Crippen LogP contribution in [0.4, 0.5) is 0 Å². The second kappa shape index (κ2) is 5.54. The molecule has 0 aromatic rings. The van der Waals surface area contributed by atoms with Gasteiger partial charge in [-0.1, -0.05) is 25.5 Å². The zero-order chi connectivity index (χ0) is 17.3. The lowest BCUT2D eigenvalue weighted by atomic mass is 9.47. The third-order valence-corrected chi connectivity index (χ3v) is 9.55. The Kier molecular flexibility index (Phi) is 3.93. The Morgan fingerprint density at radius 1 is 1.25 bits per heavy atom. The molecule has 0 saturated heterocycles.